The molecular weight excluding hydrogens is 186 g/mol. The van der Waals surface area contributed by atoms with Crippen molar-refractivity contribution in [2.24, 2.45) is 5.73 Å². The highest BCUT2D eigenvalue weighted by atomic mass is 19.3. The van der Waals surface area contributed by atoms with Crippen LogP contribution in [0.25, 0.3) is 0 Å². The van der Waals surface area contributed by atoms with Gasteiger partial charge in [0.05, 0.1) is 0 Å². The number of hydrogen-bond acceptors (Lipinski definition) is 2. The molecule has 2 rings (SSSR count). The second-order valence-corrected chi connectivity index (χ2v) is 3.76. The Morgan fingerprint density at radius 2 is 2.14 bits per heavy atom. The van der Waals surface area contributed by atoms with E-state index < -0.39 is 6.43 Å². The highest BCUT2D eigenvalue weighted by Gasteiger charge is 2.44. The molecule has 1 aliphatic carbocycles. The van der Waals surface area contributed by atoms with Crippen LogP contribution in [0.5, 0.6) is 0 Å². The summed E-state index contributed by atoms with van der Waals surface area (Å²) in [5, 5.41) is 0. The number of aromatic nitrogens is 1. The first-order chi connectivity index (χ1) is 6.68. The summed E-state index contributed by atoms with van der Waals surface area (Å²) in [6.07, 6.45) is 0.842. The van der Waals surface area contributed by atoms with Gasteiger partial charge in [0.25, 0.3) is 6.43 Å². The van der Waals surface area contributed by atoms with Gasteiger partial charge < -0.3 is 5.73 Å². The topological polar surface area (TPSA) is 38.9 Å². The van der Waals surface area contributed by atoms with Gasteiger partial charge in [0, 0.05) is 29.4 Å². The molecule has 1 aromatic heterocycles. The number of alkyl halides is 2. The van der Waals surface area contributed by atoms with Gasteiger partial charge in [-0.1, -0.05) is 0 Å². The van der Waals surface area contributed by atoms with Gasteiger partial charge in [-0.25, -0.2) is 8.78 Å². The van der Waals surface area contributed by atoms with Crippen LogP contribution in [-0.4, -0.2) is 11.5 Å². The van der Waals surface area contributed by atoms with Crippen molar-refractivity contribution in [1.29, 1.82) is 0 Å². The fraction of sp³-hybridized carbons (Fsp3) is 0.500. The zero-order valence-corrected chi connectivity index (χ0v) is 7.71. The van der Waals surface area contributed by atoms with Crippen molar-refractivity contribution < 1.29 is 8.78 Å². The first-order valence-electron chi connectivity index (χ1n) is 4.63. The smallest absolute Gasteiger partial charge is 0.265 e. The van der Waals surface area contributed by atoms with Crippen molar-refractivity contribution in [2.45, 2.75) is 24.7 Å². The Balaban J connectivity index is 2.22. The third-order valence-corrected chi connectivity index (χ3v) is 2.83. The van der Waals surface area contributed by atoms with Crippen LogP contribution in [0.3, 0.4) is 0 Å². The van der Waals surface area contributed by atoms with Crippen molar-refractivity contribution in [3.8, 4) is 0 Å². The van der Waals surface area contributed by atoms with Crippen LogP contribution < -0.4 is 5.73 Å². The molecule has 0 unspecified atom stereocenters. The molecule has 0 radical (unpaired) electrons. The van der Waals surface area contributed by atoms with Crippen LogP contribution in [0.1, 0.15) is 30.5 Å². The average molecular weight is 198 g/mol. The summed E-state index contributed by atoms with van der Waals surface area (Å²) < 4.78 is 24.5. The third-order valence-electron chi connectivity index (χ3n) is 2.83. The van der Waals surface area contributed by atoms with E-state index in [2.05, 4.69) is 4.98 Å². The van der Waals surface area contributed by atoms with Gasteiger partial charge in [0.15, 0.2) is 0 Å². The van der Waals surface area contributed by atoms with Crippen LogP contribution in [-0.2, 0) is 5.41 Å². The highest BCUT2D eigenvalue weighted by molar-refractivity contribution is 5.27. The normalized spacial score (nSPS) is 18.6. The molecule has 0 saturated heterocycles. The Morgan fingerprint density at radius 3 is 2.50 bits per heavy atom. The standard InChI is InChI=1S/C10H12F2N2/c11-9(12)7-1-2-8(14-5-7)10(6-13)3-4-10/h1-2,5,9H,3-4,6,13H2. The molecule has 14 heavy (non-hydrogen) atoms. The Morgan fingerprint density at radius 1 is 1.43 bits per heavy atom. The molecule has 1 saturated carbocycles. The second kappa shape index (κ2) is 3.28. The number of hydrogen-bond donors (Lipinski definition) is 1. The van der Waals surface area contributed by atoms with E-state index in [4.69, 9.17) is 5.73 Å². The van der Waals surface area contributed by atoms with E-state index in [1.165, 1.54) is 12.3 Å². The molecule has 0 bridgehead atoms. The molecule has 76 valence electrons. The quantitative estimate of drug-likeness (QED) is 0.806. The summed E-state index contributed by atoms with van der Waals surface area (Å²) in [4.78, 5) is 4.04. The van der Waals surface area contributed by atoms with Crippen molar-refractivity contribution in [3.05, 3.63) is 29.6 Å². The predicted octanol–water partition coefficient (Wildman–Crippen LogP) is 2.01. The Kier molecular flexibility index (Phi) is 2.23. The largest absolute Gasteiger partial charge is 0.330 e. The summed E-state index contributed by atoms with van der Waals surface area (Å²) in [6, 6.07) is 3.10. The van der Waals surface area contributed by atoms with Crippen molar-refractivity contribution in [1.82, 2.24) is 4.98 Å². The fourth-order valence-corrected chi connectivity index (χ4v) is 1.56. The lowest BCUT2D eigenvalue weighted by molar-refractivity contribution is 0.151. The number of rotatable bonds is 3. The summed E-state index contributed by atoms with van der Waals surface area (Å²) in [5.41, 5.74) is 6.42. The van der Waals surface area contributed by atoms with Gasteiger partial charge in [-0.15, -0.1) is 0 Å². The number of halogens is 2. The minimum atomic E-state index is -2.44. The minimum absolute atomic E-state index is 0.0132. The highest BCUT2D eigenvalue weighted by Crippen LogP contribution is 2.46. The summed E-state index contributed by atoms with van der Waals surface area (Å²) >= 11 is 0. The van der Waals surface area contributed by atoms with E-state index in [0.29, 0.717) is 6.54 Å². The number of pyridine rings is 1. The van der Waals surface area contributed by atoms with E-state index in [1.807, 2.05) is 0 Å². The van der Waals surface area contributed by atoms with Crippen molar-refractivity contribution in [3.63, 3.8) is 0 Å². The van der Waals surface area contributed by atoms with Gasteiger partial charge in [0.2, 0.25) is 0 Å². The van der Waals surface area contributed by atoms with Crippen molar-refractivity contribution in [2.75, 3.05) is 6.54 Å². The molecule has 0 atom stereocenters. The van der Waals surface area contributed by atoms with E-state index in [0.717, 1.165) is 18.5 Å². The van der Waals surface area contributed by atoms with Gasteiger partial charge in [0.1, 0.15) is 0 Å². The number of nitrogens with zero attached hydrogens (tertiary/aromatic N) is 1. The molecule has 1 aromatic rings. The molecule has 2 N–H and O–H groups in total. The van der Waals surface area contributed by atoms with E-state index in [9.17, 15) is 8.78 Å². The lowest BCUT2D eigenvalue weighted by atomic mass is 10.0. The lowest BCUT2D eigenvalue weighted by Gasteiger charge is -2.11. The molecule has 0 spiro atoms. The zero-order valence-electron chi connectivity index (χ0n) is 7.71. The monoisotopic (exact) mass is 198 g/mol. The SMILES string of the molecule is NCC1(c2ccc(C(F)F)cn2)CC1. The first kappa shape index (κ1) is 9.52. The van der Waals surface area contributed by atoms with Gasteiger partial charge in [-0.05, 0) is 25.0 Å². The maximum absolute atomic E-state index is 12.2. The third kappa shape index (κ3) is 1.50. The molecule has 4 heteroatoms. The maximum atomic E-state index is 12.2. The maximum Gasteiger partial charge on any atom is 0.265 e. The minimum Gasteiger partial charge on any atom is -0.330 e. The molecule has 2 nitrogen and oxygen atoms in total. The Labute approximate surface area is 81.1 Å². The number of nitrogens with two attached hydrogens (primary N) is 1. The summed E-state index contributed by atoms with van der Waals surface area (Å²) in [5.74, 6) is 0. The van der Waals surface area contributed by atoms with Crippen LogP contribution in [0.15, 0.2) is 18.3 Å². The van der Waals surface area contributed by atoms with Gasteiger partial charge >= 0.3 is 0 Å². The van der Waals surface area contributed by atoms with Gasteiger partial charge in [-0.3, -0.25) is 4.98 Å². The predicted molar refractivity (Wildman–Crippen MR) is 49.2 cm³/mol. The lowest BCUT2D eigenvalue weighted by Crippen LogP contribution is -2.20. The van der Waals surface area contributed by atoms with E-state index in [1.54, 1.807) is 6.07 Å². The molecule has 0 aliphatic heterocycles. The summed E-state index contributed by atoms with van der Waals surface area (Å²) in [6.45, 7) is 0.550. The molecular formula is C10H12F2N2. The molecule has 1 fully saturated rings. The van der Waals surface area contributed by atoms with Gasteiger partial charge in [-0.2, -0.15) is 0 Å². The summed E-state index contributed by atoms with van der Waals surface area (Å²) in [7, 11) is 0. The van der Waals surface area contributed by atoms with E-state index in [-0.39, 0.29) is 11.0 Å². The molecule has 0 amide bonds. The van der Waals surface area contributed by atoms with Crippen LogP contribution in [0.4, 0.5) is 8.78 Å². The van der Waals surface area contributed by atoms with Crippen LogP contribution in [0, 0.1) is 0 Å². The molecule has 0 aromatic carbocycles. The van der Waals surface area contributed by atoms with Crippen molar-refractivity contribution >= 4 is 0 Å². The molecule has 1 aliphatic rings. The molecule has 1 heterocycles. The zero-order chi connectivity index (χ0) is 10.2. The van der Waals surface area contributed by atoms with E-state index >= 15 is 0 Å². The first-order valence-corrected chi connectivity index (χ1v) is 4.63. The Bertz CT molecular complexity index is 317. The fourth-order valence-electron chi connectivity index (χ4n) is 1.56. The van der Waals surface area contributed by atoms with Crippen LogP contribution in [0.2, 0.25) is 0 Å². The van der Waals surface area contributed by atoms with Crippen LogP contribution >= 0.6 is 0 Å². The average Bonchev–Trinajstić information content (AvgIpc) is 2.99. The second-order valence-electron chi connectivity index (χ2n) is 3.76. The Hall–Kier alpha value is -1.03.